The van der Waals surface area contributed by atoms with Crippen molar-refractivity contribution in [3.05, 3.63) is 67.7 Å². The van der Waals surface area contributed by atoms with E-state index in [1.807, 2.05) is 0 Å². The number of hydrogen-bond acceptors (Lipinski definition) is 4. The van der Waals surface area contributed by atoms with Gasteiger partial charge in [-0.3, -0.25) is 14.9 Å². The van der Waals surface area contributed by atoms with Gasteiger partial charge in [-0.15, -0.1) is 0 Å². The van der Waals surface area contributed by atoms with Crippen LogP contribution in [-0.2, 0) is 11.4 Å². The fraction of sp³-hybridized carbons (Fsp3) is 0.0588. The van der Waals surface area contributed by atoms with Gasteiger partial charge in [0.2, 0.25) is 0 Å². The lowest BCUT2D eigenvalue weighted by Crippen LogP contribution is -2.17. The summed E-state index contributed by atoms with van der Waals surface area (Å²) < 4.78 is 20.3. The number of halogens is 3. The first-order chi connectivity index (χ1) is 11.9. The molecule has 2 aromatic carbocycles. The SMILES string of the molecule is O=C1NC(=O)/C(=C\c2cc(Br)ccc2OCc2c(F)cccc2Cl)S1. The van der Waals surface area contributed by atoms with Gasteiger partial charge in [-0.1, -0.05) is 33.6 Å². The standard InChI is InChI=1S/C17H10BrClFNO3S/c18-10-4-5-14(24-8-11-12(19)2-1-3-13(11)20)9(6-10)7-15-16(22)21-17(23)25-15/h1-7H,8H2,(H,21,22,23)/b15-7+. The molecule has 3 rings (SSSR count). The molecular weight excluding hydrogens is 433 g/mol. The van der Waals surface area contributed by atoms with E-state index in [4.69, 9.17) is 16.3 Å². The van der Waals surface area contributed by atoms with Crippen molar-refractivity contribution >= 4 is 56.5 Å². The molecule has 0 spiro atoms. The van der Waals surface area contributed by atoms with Gasteiger partial charge in [-0.2, -0.15) is 0 Å². The largest absolute Gasteiger partial charge is 0.488 e. The molecule has 0 aliphatic carbocycles. The molecule has 25 heavy (non-hydrogen) atoms. The number of ether oxygens (including phenoxy) is 1. The third-order valence-electron chi connectivity index (χ3n) is 3.33. The first kappa shape index (κ1) is 18.0. The number of rotatable bonds is 4. The van der Waals surface area contributed by atoms with E-state index in [1.165, 1.54) is 12.1 Å². The summed E-state index contributed by atoms with van der Waals surface area (Å²) in [6, 6.07) is 9.59. The number of carbonyl (C=O) groups excluding carboxylic acids is 2. The van der Waals surface area contributed by atoms with Gasteiger partial charge in [0.05, 0.1) is 9.93 Å². The van der Waals surface area contributed by atoms with E-state index >= 15 is 0 Å². The molecule has 128 valence electrons. The molecule has 1 N–H and O–H groups in total. The summed E-state index contributed by atoms with van der Waals surface area (Å²) in [5, 5.41) is 2.04. The van der Waals surface area contributed by atoms with Crippen molar-refractivity contribution in [2.45, 2.75) is 6.61 Å². The van der Waals surface area contributed by atoms with E-state index in [2.05, 4.69) is 21.2 Å². The Labute approximate surface area is 160 Å². The van der Waals surface area contributed by atoms with Crippen LogP contribution in [0.1, 0.15) is 11.1 Å². The molecule has 1 heterocycles. The van der Waals surface area contributed by atoms with E-state index < -0.39 is 17.0 Å². The summed E-state index contributed by atoms with van der Waals surface area (Å²) in [6.45, 7) is -0.0679. The maximum Gasteiger partial charge on any atom is 0.290 e. The maximum absolute atomic E-state index is 13.9. The first-order valence-corrected chi connectivity index (χ1v) is 9.03. The van der Waals surface area contributed by atoms with Crippen molar-refractivity contribution in [3.8, 4) is 5.75 Å². The van der Waals surface area contributed by atoms with Gasteiger partial charge in [0.25, 0.3) is 11.1 Å². The molecule has 1 aliphatic rings. The lowest BCUT2D eigenvalue weighted by Gasteiger charge is -2.12. The highest BCUT2D eigenvalue weighted by atomic mass is 79.9. The van der Waals surface area contributed by atoms with Crippen LogP contribution < -0.4 is 10.1 Å². The Kier molecular flexibility index (Phi) is 5.46. The van der Waals surface area contributed by atoms with Crippen molar-refractivity contribution in [3.63, 3.8) is 0 Å². The van der Waals surface area contributed by atoms with Gasteiger partial charge in [0, 0.05) is 15.6 Å². The van der Waals surface area contributed by atoms with Crippen LogP contribution >= 0.6 is 39.3 Å². The topological polar surface area (TPSA) is 55.4 Å². The Bertz CT molecular complexity index is 883. The monoisotopic (exact) mass is 441 g/mol. The molecule has 0 radical (unpaired) electrons. The summed E-state index contributed by atoms with van der Waals surface area (Å²) in [4.78, 5) is 23.3. The summed E-state index contributed by atoms with van der Waals surface area (Å²) in [5.41, 5.74) is 0.822. The zero-order valence-corrected chi connectivity index (χ0v) is 15.7. The normalized spacial score (nSPS) is 15.6. The molecule has 2 amide bonds. The highest BCUT2D eigenvalue weighted by molar-refractivity contribution is 9.10. The van der Waals surface area contributed by atoms with E-state index in [1.54, 1.807) is 30.3 Å². The molecule has 0 unspecified atom stereocenters. The fourth-order valence-corrected chi connectivity index (χ4v) is 3.42. The highest BCUT2D eigenvalue weighted by Gasteiger charge is 2.25. The fourth-order valence-electron chi connectivity index (χ4n) is 2.15. The predicted molar refractivity (Wildman–Crippen MR) is 99.0 cm³/mol. The molecule has 0 aromatic heterocycles. The first-order valence-electron chi connectivity index (χ1n) is 7.04. The Hall–Kier alpha value is -1.83. The van der Waals surface area contributed by atoms with Crippen molar-refractivity contribution in [2.75, 3.05) is 0 Å². The number of amides is 2. The molecule has 4 nitrogen and oxygen atoms in total. The van der Waals surface area contributed by atoms with Gasteiger partial charge in [0.15, 0.2) is 0 Å². The molecule has 8 heteroatoms. The third kappa shape index (κ3) is 4.23. The summed E-state index contributed by atoms with van der Waals surface area (Å²) in [5.74, 6) is -0.485. The van der Waals surface area contributed by atoms with E-state index in [0.717, 1.165) is 16.2 Å². The van der Waals surface area contributed by atoms with Crippen LogP contribution in [0.15, 0.2) is 45.8 Å². The molecule has 2 aromatic rings. The van der Waals surface area contributed by atoms with Gasteiger partial charge in [0.1, 0.15) is 18.2 Å². The van der Waals surface area contributed by atoms with Crippen molar-refractivity contribution < 1.29 is 18.7 Å². The zero-order chi connectivity index (χ0) is 18.0. The second-order valence-corrected chi connectivity index (χ2v) is 7.36. The highest BCUT2D eigenvalue weighted by Crippen LogP contribution is 2.32. The van der Waals surface area contributed by atoms with E-state index in [9.17, 15) is 14.0 Å². The molecule has 1 fully saturated rings. The average Bonchev–Trinajstić information content (AvgIpc) is 2.86. The van der Waals surface area contributed by atoms with E-state index in [-0.39, 0.29) is 22.1 Å². The van der Waals surface area contributed by atoms with Gasteiger partial charge >= 0.3 is 0 Å². The molecule has 0 bridgehead atoms. The minimum Gasteiger partial charge on any atom is -0.488 e. The Morgan fingerprint density at radius 3 is 2.76 bits per heavy atom. The van der Waals surface area contributed by atoms with Gasteiger partial charge in [-0.05, 0) is 48.2 Å². The lowest BCUT2D eigenvalue weighted by atomic mass is 10.1. The molecule has 0 atom stereocenters. The summed E-state index contributed by atoms with van der Waals surface area (Å²) in [6.07, 6.45) is 1.55. The zero-order valence-electron chi connectivity index (χ0n) is 12.5. The van der Waals surface area contributed by atoms with Crippen LogP contribution in [0.3, 0.4) is 0 Å². The Morgan fingerprint density at radius 2 is 2.08 bits per heavy atom. The number of benzene rings is 2. The maximum atomic E-state index is 13.9. The molecule has 1 saturated heterocycles. The predicted octanol–water partition coefficient (Wildman–Crippen LogP) is 5.14. The number of thioether (sulfide) groups is 1. The third-order valence-corrected chi connectivity index (χ3v) is 4.99. The summed E-state index contributed by atoms with van der Waals surface area (Å²) in [7, 11) is 0. The van der Waals surface area contributed by atoms with Crippen LogP contribution in [0.2, 0.25) is 5.02 Å². The number of nitrogens with one attached hydrogen (secondary N) is 1. The second kappa shape index (κ2) is 7.59. The van der Waals surface area contributed by atoms with Crippen LogP contribution in [-0.4, -0.2) is 11.1 Å². The minimum absolute atomic E-state index is 0.0679. The Balaban J connectivity index is 1.88. The van der Waals surface area contributed by atoms with Crippen molar-refractivity contribution in [2.24, 2.45) is 0 Å². The minimum atomic E-state index is -0.460. The van der Waals surface area contributed by atoms with E-state index in [0.29, 0.717) is 11.3 Å². The van der Waals surface area contributed by atoms with Crippen LogP contribution in [0.5, 0.6) is 5.75 Å². The molecule has 0 saturated carbocycles. The number of hydrogen-bond donors (Lipinski definition) is 1. The molecule has 1 aliphatic heterocycles. The molecular formula is C17H10BrClFNO3S. The Morgan fingerprint density at radius 1 is 1.28 bits per heavy atom. The smallest absolute Gasteiger partial charge is 0.290 e. The van der Waals surface area contributed by atoms with Crippen molar-refractivity contribution in [1.82, 2.24) is 5.32 Å². The number of imide groups is 1. The van der Waals surface area contributed by atoms with Crippen LogP contribution in [0, 0.1) is 5.82 Å². The lowest BCUT2D eigenvalue weighted by molar-refractivity contribution is -0.115. The summed E-state index contributed by atoms with van der Waals surface area (Å²) >= 11 is 10.2. The van der Waals surface area contributed by atoms with Crippen molar-refractivity contribution in [1.29, 1.82) is 0 Å². The van der Waals surface area contributed by atoms with Crippen LogP contribution in [0.25, 0.3) is 6.08 Å². The van der Waals surface area contributed by atoms with Gasteiger partial charge < -0.3 is 4.74 Å². The quantitative estimate of drug-likeness (QED) is 0.666. The number of carbonyl (C=O) groups is 2. The average molecular weight is 443 g/mol. The van der Waals surface area contributed by atoms with Gasteiger partial charge in [-0.25, -0.2) is 4.39 Å². The van der Waals surface area contributed by atoms with Crippen LogP contribution in [0.4, 0.5) is 9.18 Å². The second-order valence-electron chi connectivity index (χ2n) is 5.02.